The van der Waals surface area contributed by atoms with Crippen LogP contribution in [0.25, 0.3) is 10.2 Å². The Morgan fingerprint density at radius 2 is 2.27 bits per heavy atom. The summed E-state index contributed by atoms with van der Waals surface area (Å²) in [6, 6.07) is 3.06. The van der Waals surface area contributed by atoms with Crippen LogP contribution in [-0.2, 0) is 0 Å². The highest BCUT2D eigenvalue weighted by Crippen LogP contribution is 2.23. The van der Waals surface area contributed by atoms with Crippen LogP contribution in [-0.4, -0.2) is 4.98 Å². The van der Waals surface area contributed by atoms with E-state index in [1.165, 1.54) is 17.4 Å². The first kappa shape index (κ1) is 6.73. The predicted molar refractivity (Wildman–Crippen MR) is 44.0 cm³/mol. The molecule has 0 saturated carbocycles. The third-order valence-electron chi connectivity index (χ3n) is 1.52. The van der Waals surface area contributed by atoms with Crippen LogP contribution in [0.2, 0.25) is 0 Å². The van der Waals surface area contributed by atoms with Gasteiger partial charge in [-0.2, -0.15) is 0 Å². The van der Waals surface area contributed by atoms with Crippen molar-refractivity contribution in [3.05, 3.63) is 35.9 Å². The number of aromatic nitrogens is 1. The zero-order valence-electron chi connectivity index (χ0n) is 5.67. The molecule has 0 spiro atoms. The van der Waals surface area contributed by atoms with E-state index in [1.807, 2.05) is 0 Å². The Kier molecular flexibility index (Phi) is 1.39. The molecular weight excluding hydrogens is 161 g/mol. The van der Waals surface area contributed by atoms with Gasteiger partial charge in [-0.3, -0.25) is 0 Å². The van der Waals surface area contributed by atoms with Crippen LogP contribution in [0.4, 0.5) is 4.39 Å². The van der Waals surface area contributed by atoms with Crippen molar-refractivity contribution in [2.45, 2.75) is 0 Å². The number of hydrogen-bond acceptors (Lipinski definition) is 2. The molecule has 1 aromatic carbocycles. The van der Waals surface area contributed by atoms with E-state index < -0.39 is 0 Å². The summed E-state index contributed by atoms with van der Waals surface area (Å²) >= 11 is 1.41. The van der Waals surface area contributed by atoms with Crippen LogP contribution in [0, 0.1) is 12.7 Å². The fourth-order valence-corrected chi connectivity index (χ4v) is 1.72. The van der Waals surface area contributed by atoms with E-state index in [-0.39, 0.29) is 5.82 Å². The lowest BCUT2D eigenvalue weighted by Gasteiger charge is -1.93. The van der Waals surface area contributed by atoms with Gasteiger partial charge in [0, 0.05) is 0 Å². The Labute approximate surface area is 67.5 Å². The molecule has 0 aliphatic heterocycles. The van der Waals surface area contributed by atoms with Crippen LogP contribution in [0.3, 0.4) is 0 Å². The van der Waals surface area contributed by atoms with Gasteiger partial charge in [0.05, 0.1) is 10.2 Å². The van der Waals surface area contributed by atoms with Gasteiger partial charge in [0.15, 0.2) is 0 Å². The quantitative estimate of drug-likeness (QED) is 0.586. The molecule has 0 unspecified atom stereocenters. The number of halogens is 1. The molecule has 0 aliphatic carbocycles. The standard InChI is InChI=1S/C8H5FNS/c1-5-2-3-6(9)7-8(5)11-4-10-7/h2-4H,1H2. The number of nitrogens with zero attached hydrogens (tertiary/aromatic N) is 1. The molecule has 0 bridgehead atoms. The van der Waals surface area contributed by atoms with Crippen LogP contribution in [0.1, 0.15) is 5.56 Å². The van der Waals surface area contributed by atoms with Crippen LogP contribution in [0.15, 0.2) is 17.6 Å². The van der Waals surface area contributed by atoms with E-state index in [2.05, 4.69) is 11.9 Å². The van der Waals surface area contributed by atoms with Gasteiger partial charge < -0.3 is 0 Å². The van der Waals surface area contributed by atoms with Gasteiger partial charge in [0.1, 0.15) is 11.3 Å². The molecule has 0 aliphatic rings. The molecule has 1 radical (unpaired) electrons. The molecule has 0 amide bonds. The first-order chi connectivity index (χ1) is 5.29. The highest BCUT2D eigenvalue weighted by atomic mass is 32.1. The van der Waals surface area contributed by atoms with Crippen molar-refractivity contribution in [3.63, 3.8) is 0 Å². The van der Waals surface area contributed by atoms with Gasteiger partial charge in [-0.1, -0.05) is 6.07 Å². The zero-order chi connectivity index (χ0) is 7.84. The molecular formula is C8H5FNS. The molecule has 1 nitrogen and oxygen atoms in total. The maximum absolute atomic E-state index is 12.9. The van der Waals surface area contributed by atoms with Crippen molar-refractivity contribution in [3.8, 4) is 0 Å². The fraction of sp³-hybridized carbons (Fsp3) is 0. The molecule has 2 aromatic rings. The highest BCUT2D eigenvalue weighted by molar-refractivity contribution is 7.17. The molecule has 55 valence electrons. The summed E-state index contributed by atoms with van der Waals surface area (Å²) in [5.74, 6) is -0.270. The maximum atomic E-state index is 12.9. The average molecular weight is 166 g/mol. The van der Waals surface area contributed by atoms with Gasteiger partial charge in [-0.05, 0) is 18.6 Å². The SMILES string of the molecule is [CH2]c1ccc(F)c2ncsc12. The molecule has 0 atom stereocenters. The summed E-state index contributed by atoms with van der Waals surface area (Å²) in [5.41, 5.74) is 2.90. The Hall–Kier alpha value is -0.960. The summed E-state index contributed by atoms with van der Waals surface area (Å²) < 4.78 is 13.8. The predicted octanol–water partition coefficient (Wildman–Crippen LogP) is 2.62. The molecule has 0 saturated heterocycles. The summed E-state index contributed by atoms with van der Waals surface area (Å²) in [5, 5.41) is 0. The van der Waals surface area contributed by atoms with Gasteiger partial charge in [-0.25, -0.2) is 9.37 Å². The van der Waals surface area contributed by atoms with Crippen molar-refractivity contribution >= 4 is 21.6 Å². The number of thiazole rings is 1. The first-order valence-corrected chi connectivity index (χ1v) is 4.00. The number of hydrogen-bond donors (Lipinski definition) is 0. The number of rotatable bonds is 0. The van der Waals surface area contributed by atoms with E-state index in [1.54, 1.807) is 11.6 Å². The lowest BCUT2D eigenvalue weighted by Crippen LogP contribution is -1.78. The molecule has 1 aromatic heterocycles. The highest BCUT2D eigenvalue weighted by Gasteiger charge is 2.04. The van der Waals surface area contributed by atoms with Crippen LogP contribution >= 0.6 is 11.3 Å². The van der Waals surface area contributed by atoms with E-state index >= 15 is 0 Å². The number of benzene rings is 1. The average Bonchev–Trinajstić information content (AvgIpc) is 2.45. The van der Waals surface area contributed by atoms with Crippen molar-refractivity contribution in [1.82, 2.24) is 4.98 Å². The smallest absolute Gasteiger partial charge is 0.150 e. The minimum atomic E-state index is -0.270. The summed E-state index contributed by atoms with van der Waals surface area (Å²) in [4.78, 5) is 3.88. The third kappa shape index (κ3) is 0.922. The Bertz CT molecular complexity index is 358. The first-order valence-electron chi connectivity index (χ1n) is 3.12. The maximum Gasteiger partial charge on any atom is 0.150 e. The van der Waals surface area contributed by atoms with Crippen molar-refractivity contribution in [2.24, 2.45) is 0 Å². The van der Waals surface area contributed by atoms with Crippen molar-refractivity contribution in [2.75, 3.05) is 0 Å². The lowest BCUT2D eigenvalue weighted by atomic mass is 10.2. The van der Waals surface area contributed by atoms with E-state index in [0.29, 0.717) is 5.52 Å². The largest absolute Gasteiger partial charge is 0.242 e. The minimum absolute atomic E-state index is 0.270. The van der Waals surface area contributed by atoms with E-state index in [9.17, 15) is 4.39 Å². The third-order valence-corrected chi connectivity index (χ3v) is 2.42. The fourth-order valence-electron chi connectivity index (χ4n) is 0.972. The van der Waals surface area contributed by atoms with Crippen molar-refractivity contribution in [1.29, 1.82) is 0 Å². The second-order valence-corrected chi connectivity index (χ2v) is 3.09. The Balaban J connectivity index is 2.96. The van der Waals surface area contributed by atoms with Crippen LogP contribution in [0.5, 0.6) is 0 Å². The molecule has 1 heterocycles. The molecule has 0 fully saturated rings. The van der Waals surface area contributed by atoms with Crippen LogP contribution < -0.4 is 0 Å². The lowest BCUT2D eigenvalue weighted by molar-refractivity contribution is 0.637. The second kappa shape index (κ2) is 2.27. The van der Waals surface area contributed by atoms with Gasteiger partial charge >= 0.3 is 0 Å². The molecule has 0 N–H and O–H groups in total. The van der Waals surface area contributed by atoms with E-state index in [4.69, 9.17) is 0 Å². The zero-order valence-corrected chi connectivity index (χ0v) is 6.49. The van der Waals surface area contributed by atoms with Gasteiger partial charge in [-0.15, -0.1) is 11.3 Å². The second-order valence-electron chi connectivity index (χ2n) is 2.24. The normalized spacial score (nSPS) is 10.7. The minimum Gasteiger partial charge on any atom is -0.242 e. The monoisotopic (exact) mass is 166 g/mol. The molecule has 2 rings (SSSR count). The summed E-state index contributed by atoms with van der Waals surface area (Å²) in [6.45, 7) is 3.77. The summed E-state index contributed by atoms with van der Waals surface area (Å²) in [6.07, 6.45) is 0. The van der Waals surface area contributed by atoms with E-state index in [0.717, 1.165) is 10.3 Å². The van der Waals surface area contributed by atoms with Crippen molar-refractivity contribution < 1.29 is 4.39 Å². The molecule has 11 heavy (non-hydrogen) atoms. The Morgan fingerprint density at radius 3 is 3.00 bits per heavy atom. The number of fused-ring (bicyclic) bond motifs is 1. The summed E-state index contributed by atoms with van der Waals surface area (Å²) in [7, 11) is 0. The van der Waals surface area contributed by atoms with Gasteiger partial charge in [0.2, 0.25) is 0 Å². The Morgan fingerprint density at radius 1 is 1.45 bits per heavy atom. The van der Waals surface area contributed by atoms with Gasteiger partial charge in [0.25, 0.3) is 0 Å². The topological polar surface area (TPSA) is 12.9 Å². The molecule has 3 heteroatoms.